The van der Waals surface area contributed by atoms with E-state index in [-0.39, 0.29) is 17.9 Å². The summed E-state index contributed by atoms with van der Waals surface area (Å²) in [5.74, 6) is 0.657. The number of anilines is 2. The van der Waals surface area contributed by atoms with E-state index in [9.17, 15) is 9.59 Å². The summed E-state index contributed by atoms with van der Waals surface area (Å²) in [4.78, 5) is 32.7. The highest BCUT2D eigenvalue weighted by Gasteiger charge is 2.13. The Balaban J connectivity index is 2.05. The summed E-state index contributed by atoms with van der Waals surface area (Å²) in [7, 11) is 3.79. The molecule has 0 saturated heterocycles. The maximum Gasteiger partial charge on any atom is 0.266 e. The lowest BCUT2D eigenvalue weighted by atomic mass is 9.99. The van der Waals surface area contributed by atoms with Gasteiger partial charge in [0, 0.05) is 26.2 Å². The number of amides is 1. The van der Waals surface area contributed by atoms with E-state index >= 15 is 0 Å². The molecule has 2 aromatic heterocycles. The Bertz CT molecular complexity index is 876. The van der Waals surface area contributed by atoms with Crippen LogP contribution in [0.3, 0.4) is 0 Å². The highest BCUT2D eigenvalue weighted by Crippen LogP contribution is 2.16. The van der Waals surface area contributed by atoms with Gasteiger partial charge < -0.3 is 15.2 Å². The lowest BCUT2D eigenvalue weighted by Gasteiger charge is -2.12. The van der Waals surface area contributed by atoms with E-state index in [1.165, 1.54) is 0 Å². The van der Waals surface area contributed by atoms with Crippen LogP contribution in [0.2, 0.25) is 0 Å². The Morgan fingerprint density at radius 1 is 1.36 bits per heavy atom. The molecule has 0 saturated carbocycles. The number of hydrogen-bond donors (Lipinski definition) is 2. The number of nitrogens with zero attached hydrogens (tertiary/aromatic N) is 3. The second-order valence-electron chi connectivity index (χ2n) is 6.02. The lowest BCUT2D eigenvalue weighted by molar-refractivity contribution is -0.116. The maximum absolute atomic E-state index is 12.2. The number of carbonyl (C=O) groups is 1. The molecule has 2 N–H and O–H groups in total. The van der Waals surface area contributed by atoms with Crippen LogP contribution in [-0.4, -0.2) is 30.0 Å². The summed E-state index contributed by atoms with van der Waals surface area (Å²) in [6, 6.07) is 5.54. The summed E-state index contributed by atoms with van der Waals surface area (Å²) >= 11 is 0. The van der Waals surface area contributed by atoms with E-state index < -0.39 is 5.56 Å². The molecule has 0 fully saturated rings. The first kappa shape index (κ1) is 18.2. The Kier molecular flexibility index (Phi) is 5.55. The van der Waals surface area contributed by atoms with Gasteiger partial charge >= 0.3 is 0 Å². The van der Waals surface area contributed by atoms with Crippen molar-refractivity contribution in [1.29, 1.82) is 5.26 Å². The molecule has 7 nitrogen and oxygen atoms in total. The number of aromatic amines is 1. The molecule has 2 heterocycles. The summed E-state index contributed by atoms with van der Waals surface area (Å²) in [5, 5.41) is 11.9. The molecule has 0 aliphatic rings. The zero-order valence-electron chi connectivity index (χ0n) is 14.8. The molecule has 2 aromatic rings. The van der Waals surface area contributed by atoms with Gasteiger partial charge in [0.1, 0.15) is 17.5 Å². The molecule has 0 radical (unpaired) electrons. The summed E-state index contributed by atoms with van der Waals surface area (Å²) in [6.07, 6.45) is 2.30. The summed E-state index contributed by atoms with van der Waals surface area (Å²) in [6.45, 7) is 3.50. The minimum absolute atomic E-state index is 0.101. The van der Waals surface area contributed by atoms with Crippen LogP contribution in [-0.2, 0) is 11.2 Å². The first-order chi connectivity index (χ1) is 11.8. The number of carbonyl (C=O) groups excluding carboxylic acids is 1. The minimum Gasteiger partial charge on any atom is -0.363 e. The number of aromatic nitrogens is 2. The number of pyridine rings is 2. The fraction of sp³-hybridized carbons (Fsp3) is 0.333. The van der Waals surface area contributed by atoms with Gasteiger partial charge in [0.05, 0.1) is 11.9 Å². The second-order valence-corrected chi connectivity index (χ2v) is 6.02. The maximum atomic E-state index is 12.2. The predicted molar refractivity (Wildman–Crippen MR) is 96.8 cm³/mol. The van der Waals surface area contributed by atoms with Crippen LogP contribution >= 0.6 is 0 Å². The summed E-state index contributed by atoms with van der Waals surface area (Å²) in [5.41, 5.74) is 2.48. The van der Waals surface area contributed by atoms with Crippen molar-refractivity contribution < 1.29 is 4.79 Å². The first-order valence-corrected chi connectivity index (χ1v) is 7.89. The van der Waals surface area contributed by atoms with Gasteiger partial charge in [-0.1, -0.05) is 0 Å². The minimum atomic E-state index is -0.391. The molecule has 0 atom stereocenters. The van der Waals surface area contributed by atoms with Crippen molar-refractivity contribution in [2.75, 3.05) is 24.3 Å². The Hall–Kier alpha value is -3.14. The Morgan fingerprint density at radius 3 is 2.64 bits per heavy atom. The van der Waals surface area contributed by atoms with Gasteiger partial charge in [0.15, 0.2) is 0 Å². The number of H-pyrrole nitrogens is 1. The van der Waals surface area contributed by atoms with Crippen LogP contribution in [0, 0.1) is 25.2 Å². The van der Waals surface area contributed by atoms with Crippen molar-refractivity contribution in [3.63, 3.8) is 0 Å². The normalized spacial score (nSPS) is 10.2. The van der Waals surface area contributed by atoms with Gasteiger partial charge in [0.25, 0.3) is 5.56 Å². The third kappa shape index (κ3) is 4.23. The van der Waals surface area contributed by atoms with Gasteiger partial charge in [-0.3, -0.25) is 9.59 Å². The fourth-order valence-corrected chi connectivity index (χ4v) is 2.61. The molecule has 130 valence electrons. The largest absolute Gasteiger partial charge is 0.363 e. The van der Waals surface area contributed by atoms with Crippen LogP contribution in [0.4, 0.5) is 11.5 Å². The van der Waals surface area contributed by atoms with E-state index in [0.717, 1.165) is 11.4 Å². The highest BCUT2D eigenvalue weighted by atomic mass is 16.1. The van der Waals surface area contributed by atoms with E-state index in [2.05, 4.69) is 15.3 Å². The molecule has 0 aliphatic carbocycles. The summed E-state index contributed by atoms with van der Waals surface area (Å²) < 4.78 is 0. The smallest absolute Gasteiger partial charge is 0.266 e. The molecule has 0 bridgehead atoms. The van der Waals surface area contributed by atoms with Gasteiger partial charge in [-0.2, -0.15) is 5.26 Å². The zero-order valence-corrected chi connectivity index (χ0v) is 14.8. The second kappa shape index (κ2) is 7.62. The molecule has 0 spiro atoms. The van der Waals surface area contributed by atoms with Gasteiger partial charge in [0.2, 0.25) is 5.91 Å². The number of aryl methyl sites for hydroxylation is 1. The molecular weight excluding hydrogens is 318 g/mol. The van der Waals surface area contributed by atoms with Gasteiger partial charge in [-0.05, 0) is 43.5 Å². The van der Waals surface area contributed by atoms with Gasteiger partial charge in [-0.25, -0.2) is 4.98 Å². The third-order valence-electron chi connectivity index (χ3n) is 4.01. The predicted octanol–water partition coefficient (Wildman–Crippen LogP) is 1.90. The average Bonchev–Trinajstić information content (AvgIpc) is 2.55. The van der Waals surface area contributed by atoms with Gasteiger partial charge in [-0.15, -0.1) is 0 Å². The monoisotopic (exact) mass is 339 g/mol. The molecule has 0 aliphatic heterocycles. The number of nitrogens with one attached hydrogen (secondary N) is 2. The standard InChI is InChI=1S/C18H21N5O2/c1-11-14(12(2)21-18(25)15(11)9-19)6-8-17(24)22-13-5-7-16(20-10-13)23(3)4/h5,7,10H,6,8H2,1-4H3,(H,21,25)(H,22,24). The van der Waals surface area contributed by atoms with Crippen molar-refractivity contribution in [3.8, 4) is 6.07 Å². The van der Waals surface area contributed by atoms with Crippen LogP contribution in [0.5, 0.6) is 0 Å². The van der Waals surface area contributed by atoms with Crippen LogP contribution < -0.4 is 15.8 Å². The van der Waals surface area contributed by atoms with Crippen molar-refractivity contribution in [2.45, 2.75) is 26.7 Å². The quantitative estimate of drug-likeness (QED) is 0.866. The molecular formula is C18H21N5O2. The average molecular weight is 339 g/mol. The molecule has 2 rings (SSSR count). The fourth-order valence-electron chi connectivity index (χ4n) is 2.61. The lowest BCUT2D eigenvalue weighted by Crippen LogP contribution is -2.18. The highest BCUT2D eigenvalue weighted by molar-refractivity contribution is 5.90. The van der Waals surface area contributed by atoms with Crippen molar-refractivity contribution in [1.82, 2.24) is 9.97 Å². The van der Waals surface area contributed by atoms with E-state index in [1.807, 2.05) is 31.1 Å². The topological polar surface area (TPSA) is 102 Å². The number of rotatable bonds is 5. The molecule has 1 amide bonds. The zero-order chi connectivity index (χ0) is 18.6. The van der Waals surface area contributed by atoms with Crippen molar-refractivity contribution >= 4 is 17.4 Å². The third-order valence-corrected chi connectivity index (χ3v) is 4.01. The van der Waals surface area contributed by atoms with E-state index in [1.54, 1.807) is 26.1 Å². The Morgan fingerprint density at radius 2 is 2.08 bits per heavy atom. The van der Waals surface area contributed by atoms with E-state index in [0.29, 0.717) is 23.4 Å². The van der Waals surface area contributed by atoms with Crippen LogP contribution in [0.15, 0.2) is 23.1 Å². The molecule has 0 unspecified atom stereocenters. The molecule has 0 aromatic carbocycles. The SMILES string of the molecule is Cc1[nH]c(=O)c(C#N)c(C)c1CCC(=O)Nc1ccc(N(C)C)nc1. The van der Waals surface area contributed by atoms with Crippen molar-refractivity contribution in [3.05, 3.63) is 51.1 Å². The number of hydrogen-bond acceptors (Lipinski definition) is 5. The molecule has 7 heteroatoms. The van der Waals surface area contributed by atoms with Crippen LogP contribution in [0.1, 0.15) is 28.8 Å². The molecule has 25 heavy (non-hydrogen) atoms. The Labute approximate surface area is 146 Å². The van der Waals surface area contributed by atoms with E-state index in [4.69, 9.17) is 5.26 Å². The first-order valence-electron chi connectivity index (χ1n) is 7.89. The number of nitriles is 1. The van der Waals surface area contributed by atoms with Crippen LogP contribution in [0.25, 0.3) is 0 Å². The van der Waals surface area contributed by atoms with Crippen molar-refractivity contribution in [2.24, 2.45) is 0 Å².